The van der Waals surface area contributed by atoms with E-state index < -0.39 is 0 Å². The van der Waals surface area contributed by atoms with Gasteiger partial charge in [0.1, 0.15) is 0 Å². The minimum absolute atomic E-state index is 0.275. The summed E-state index contributed by atoms with van der Waals surface area (Å²) >= 11 is 3.67. The zero-order valence-corrected chi connectivity index (χ0v) is 13.3. The third-order valence-electron chi connectivity index (χ3n) is 4.29. The van der Waals surface area contributed by atoms with Gasteiger partial charge in [-0.1, -0.05) is 31.5 Å². The van der Waals surface area contributed by atoms with Crippen molar-refractivity contribution in [2.45, 2.75) is 51.1 Å². The quantitative estimate of drug-likeness (QED) is 0.871. The van der Waals surface area contributed by atoms with E-state index in [1.807, 2.05) is 11.8 Å². The van der Waals surface area contributed by atoms with Gasteiger partial charge in [0.05, 0.1) is 6.04 Å². The van der Waals surface area contributed by atoms with Crippen molar-refractivity contribution >= 4 is 28.3 Å². The number of hydrogen-bond acceptors (Lipinski definition) is 3. The van der Waals surface area contributed by atoms with Crippen molar-refractivity contribution in [2.24, 2.45) is 10.9 Å². The van der Waals surface area contributed by atoms with E-state index in [-0.39, 0.29) is 6.04 Å². The maximum Gasteiger partial charge on any atom is 0.157 e. The Morgan fingerprint density at radius 1 is 1.53 bits per heavy atom. The van der Waals surface area contributed by atoms with Gasteiger partial charge in [-0.3, -0.25) is 4.99 Å². The lowest BCUT2D eigenvalue weighted by Gasteiger charge is -2.36. The molecule has 2 heterocycles. The second kappa shape index (κ2) is 5.49. The summed E-state index contributed by atoms with van der Waals surface area (Å²) in [6.45, 7) is 4.57. The number of amidine groups is 1. The summed E-state index contributed by atoms with van der Waals surface area (Å²) in [5.41, 5.74) is 1.67. The molecule has 1 aromatic heterocycles. The molecule has 1 N–H and O–H groups in total. The smallest absolute Gasteiger partial charge is 0.157 e. The summed E-state index contributed by atoms with van der Waals surface area (Å²) in [5, 5.41) is 9.24. The standard InChI is InChI=1S/C15H22N2S2/c1-11-4-3-6-15(8-11)10-19-14(17-15)16-12(2)13-5-7-18-9-13/h5,7,9,11-12H,3-4,6,8,10H2,1-2H3,(H,16,17). The predicted molar refractivity (Wildman–Crippen MR) is 86.1 cm³/mol. The summed E-state index contributed by atoms with van der Waals surface area (Å²) in [6, 6.07) is 2.45. The van der Waals surface area contributed by atoms with E-state index in [1.54, 1.807) is 11.3 Å². The van der Waals surface area contributed by atoms with Gasteiger partial charge in [-0.2, -0.15) is 11.3 Å². The molecule has 1 spiro atoms. The summed E-state index contributed by atoms with van der Waals surface area (Å²) in [6.07, 6.45) is 5.38. The summed E-state index contributed by atoms with van der Waals surface area (Å²) in [4.78, 5) is 4.87. The van der Waals surface area contributed by atoms with Crippen molar-refractivity contribution < 1.29 is 0 Å². The van der Waals surface area contributed by atoms with Crippen LogP contribution in [0.25, 0.3) is 0 Å². The molecule has 0 aromatic carbocycles. The maximum absolute atomic E-state index is 4.87. The fourth-order valence-corrected chi connectivity index (χ4v) is 5.26. The first-order valence-corrected chi connectivity index (χ1v) is 9.11. The normalized spacial score (nSPS) is 34.6. The number of nitrogens with zero attached hydrogens (tertiary/aromatic N) is 1. The molecule has 1 saturated carbocycles. The van der Waals surface area contributed by atoms with E-state index in [9.17, 15) is 0 Å². The van der Waals surface area contributed by atoms with Gasteiger partial charge in [0, 0.05) is 11.3 Å². The Morgan fingerprint density at radius 3 is 3.16 bits per heavy atom. The fraction of sp³-hybridized carbons (Fsp3) is 0.667. The largest absolute Gasteiger partial charge is 0.359 e. The van der Waals surface area contributed by atoms with Gasteiger partial charge in [0.15, 0.2) is 5.17 Å². The molecular formula is C15H22N2S2. The van der Waals surface area contributed by atoms with Crippen LogP contribution >= 0.6 is 23.1 Å². The van der Waals surface area contributed by atoms with Crippen molar-refractivity contribution in [1.29, 1.82) is 0 Å². The van der Waals surface area contributed by atoms with Crippen LogP contribution in [0.15, 0.2) is 21.8 Å². The van der Waals surface area contributed by atoms with Gasteiger partial charge in [-0.15, -0.1) is 0 Å². The molecule has 4 heteroatoms. The van der Waals surface area contributed by atoms with Crippen LogP contribution in [0.4, 0.5) is 0 Å². The Labute approximate surface area is 124 Å². The van der Waals surface area contributed by atoms with E-state index in [0.29, 0.717) is 5.54 Å². The lowest BCUT2D eigenvalue weighted by molar-refractivity contribution is 0.242. The average Bonchev–Trinajstić information content (AvgIpc) is 3.00. The Morgan fingerprint density at radius 2 is 2.42 bits per heavy atom. The van der Waals surface area contributed by atoms with Gasteiger partial charge < -0.3 is 5.32 Å². The van der Waals surface area contributed by atoms with Gasteiger partial charge in [-0.05, 0) is 48.1 Å². The third kappa shape index (κ3) is 3.00. The number of thioether (sulfide) groups is 1. The van der Waals surface area contributed by atoms with Gasteiger partial charge in [0.2, 0.25) is 0 Å². The monoisotopic (exact) mass is 294 g/mol. The first kappa shape index (κ1) is 13.5. The first-order valence-electron chi connectivity index (χ1n) is 7.18. The van der Waals surface area contributed by atoms with Gasteiger partial charge in [0.25, 0.3) is 0 Å². The van der Waals surface area contributed by atoms with Crippen LogP contribution in [0.1, 0.15) is 51.1 Å². The van der Waals surface area contributed by atoms with Crippen LogP contribution in [0.2, 0.25) is 0 Å². The zero-order chi connectivity index (χ0) is 13.3. The molecule has 3 rings (SSSR count). The SMILES string of the molecule is CC1CCCC2(CSC(=NC(C)c3ccsc3)N2)C1. The highest BCUT2D eigenvalue weighted by Gasteiger charge is 2.40. The fourth-order valence-electron chi connectivity index (χ4n) is 3.24. The topological polar surface area (TPSA) is 24.4 Å². The highest BCUT2D eigenvalue weighted by atomic mass is 32.2. The molecule has 19 heavy (non-hydrogen) atoms. The number of aliphatic imine (C=N–C) groups is 1. The molecular weight excluding hydrogens is 272 g/mol. The van der Waals surface area contributed by atoms with Gasteiger partial charge >= 0.3 is 0 Å². The van der Waals surface area contributed by atoms with Crippen LogP contribution < -0.4 is 5.32 Å². The predicted octanol–water partition coefficient (Wildman–Crippen LogP) is 4.45. The third-order valence-corrected chi connectivity index (χ3v) is 6.16. The van der Waals surface area contributed by atoms with E-state index in [1.165, 1.54) is 37.0 Å². The Hall–Kier alpha value is -0.480. The summed E-state index contributed by atoms with van der Waals surface area (Å²) in [5.74, 6) is 2.06. The second-order valence-electron chi connectivity index (χ2n) is 6.06. The van der Waals surface area contributed by atoms with Crippen molar-refractivity contribution in [3.8, 4) is 0 Å². The molecule has 2 nitrogen and oxygen atoms in total. The minimum atomic E-state index is 0.275. The Kier molecular flexibility index (Phi) is 3.90. The summed E-state index contributed by atoms with van der Waals surface area (Å²) < 4.78 is 0. The number of hydrogen-bond donors (Lipinski definition) is 1. The molecule has 2 fully saturated rings. The lowest BCUT2D eigenvalue weighted by Crippen LogP contribution is -2.47. The second-order valence-corrected chi connectivity index (χ2v) is 7.81. The summed E-state index contributed by atoms with van der Waals surface area (Å²) in [7, 11) is 0. The molecule has 1 aliphatic carbocycles. The minimum Gasteiger partial charge on any atom is -0.359 e. The zero-order valence-electron chi connectivity index (χ0n) is 11.7. The molecule has 104 valence electrons. The molecule has 0 bridgehead atoms. The van der Waals surface area contributed by atoms with Crippen LogP contribution in [-0.2, 0) is 0 Å². The Bertz CT molecular complexity index is 455. The van der Waals surface area contributed by atoms with E-state index >= 15 is 0 Å². The first-order chi connectivity index (χ1) is 9.17. The van der Waals surface area contributed by atoms with Crippen molar-refractivity contribution in [1.82, 2.24) is 5.32 Å². The maximum atomic E-state index is 4.87. The highest BCUT2D eigenvalue weighted by molar-refractivity contribution is 8.14. The van der Waals surface area contributed by atoms with Crippen molar-refractivity contribution in [3.05, 3.63) is 22.4 Å². The van der Waals surface area contributed by atoms with E-state index in [2.05, 4.69) is 36.0 Å². The number of nitrogens with one attached hydrogen (secondary N) is 1. The average molecular weight is 294 g/mol. The van der Waals surface area contributed by atoms with Crippen molar-refractivity contribution in [2.75, 3.05) is 5.75 Å². The molecule has 3 unspecified atom stereocenters. The molecule has 0 radical (unpaired) electrons. The van der Waals surface area contributed by atoms with Crippen LogP contribution in [0.3, 0.4) is 0 Å². The molecule has 2 aliphatic rings. The Balaban J connectivity index is 1.68. The van der Waals surface area contributed by atoms with E-state index in [0.717, 1.165) is 11.1 Å². The van der Waals surface area contributed by atoms with E-state index in [4.69, 9.17) is 4.99 Å². The molecule has 3 atom stereocenters. The number of thiophene rings is 1. The number of rotatable bonds is 2. The molecule has 1 aliphatic heterocycles. The molecule has 1 saturated heterocycles. The molecule has 0 amide bonds. The van der Waals surface area contributed by atoms with Crippen LogP contribution in [0, 0.1) is 5.92 Å². The highest BCUT2D eigenvalue weighted by Crippen LogP contribution is 2.39. The molecule has 1 aromatic rings. The van der Waals surface area contributed by atoms with Gasteiger partial charge in [-0.25, -0.2) is 0 Å². The van der Waals surface area contributed by atoms with Crippen LogP contribution in [-0.4, -0.2) is 16.5 Å². The van der Waals surface area contributed by atoms with Crippen LogP contribution in [0.5, 0.6) is 0 Å². The lowest BCUT2D eigenvalue weighted by atomic mass is 9.78. The van der Waals surface area contributed by atoms with Crippen molar-refractivity contribution in [3.63, 3.8) is 0 Å².